The number of rotatable bonds is 4. The molecule has 2 nitrogen and oxygen atoms in total. The third kappa shape index (κ3) is 2.07. The molecule has 1 N–H and O–H groups in total. The van der Waals surface area contributed by atoms with Crippen molar-refractivity contribution in [3.8, 4) is 0 Å². The van der Waals surface area contributed by atoms with E-state index in [4.69, 9.17) is 0 Å². The first-order chi connectivity index (χ1) is 9.83. The van der Waals surface area contributed by atoms with Gasteiger partial charge in [-0.25, -0.2) is 0 Å². The summed E-state index contributed by atoms with van der Waals surface area (Å²) in [7, 11) is 0. The monoisotopic (exact) mass is 267 g/mol. The van der Waals surface area contributed by atoms with Crippen molar-refractivity contribution in [1.82, 2.24) is 5.32 Å². The molecular formula is C18H21NO. The number of hydrogen-bond acceptors (Lipinski definition) is 1. The van der Waals surface area contributed by atoms with Crippen LogP contribution < -0.4 is 15.8 Å². The molecule has 1 aromatic rings. The Kier molecular flexibility index (Phi) is 2.90. The average Bonchev–Trinajstić information content (AvgIpc) is 3.25. The number of amides is 1. The highest BCUT2D eigenvalue weighted by molar-refractivity contribution is 5.80. The van der Waals surface area contributed by atoms with Crippen molar-refractivity contribution in [2.24, 2.45) is 5.92 Å². The number of carbonyl (C=O) groups excluding carboxylic acids is 1. The van der Waals surface area contributed by atoms with Gasteiger partial charge in [0.2, 0.25) is 5.91 Å². The zero-order valence-corrected chi connectivity index (χ0v) is 11.8. The largest absolute Gasteiger partial charge is 0.356 e. The van der Waals surface area contributed by atoms with Gasteiger partial charge in [0.15, 0.2) is 0 Å². The number of carbonyl (C=O) groups is 1. The van der Waals surface area contributed by atoms with E-state index in [1.54, 1.807) is 5.57 Å². The first kappa shape index (κ1) is 12.2. The second-order valence-corrected chi connectivity index (χ2v) is 6.41. The Morgan fingerprint density at radius 3 is 3.05 bits per heavy atom. The van der Waals surface area contributed by atoms with Gasteiger partial charge in [-0.2, -0.15) is 0 Å². The van der Waals surface area contributed by atoms with Crippen LogP contribution >= 0.6 is 0 Å². The summed E-state index contributed by atoms with van der Waals surface area (Å²) in [6, 6.07) is 6.72. The third-order valence-electron chi connectivity index (χ3n) is 4.97. The van der Waals surface area contributed by atoms with E-state index in [1.807, 2.05) is 0 Å². The summed E-state index contributed by atoms with van der Waals surface area (Å²) in [5.74, 6) is 1.22. The Balaban J connectivity index is 1.48. The van der Waals surface area contributed by atoms with E-state index in [-0.39, 0.29) is 5.91 Å². The van der Waals surface area contributed by atoms with Crippen molar-refractivity contribution in [2.75, 3.05) is 6.54 Å². The minimum atomic E-state index is 0.277. The molecule has 0 spiro atoms. The first-order valence-corrected chi connectivity index (χ1v) is 7.92. The van der Waals surface area contributed by atoms with Gasteiger partial charge < -0.3 is 5.32 Å². The molecular weight excluding hydrogens is 246 g/mol. The molecule has 0 radical (unpaired) electrons. The lowest BCUT2D eigenvalue weighted by molar-refractivity contribution is -0.122. The van der Waals surface area contributed by atoms with Crippen LogP contribution in [0.15, 0.2) is 18.2 Å². The highest BCUT2D eigenvalue weighted by atomic mass is 16.2. The van der Waals surface area contributed by atoms with E-state index in [1.165, 1.54) is 35.3 Å². The fourth-order valence-electron chi connectivity index (χ4n) is 3.76. The van der Waals surface area contributed by atoms with Gasteiger partial charge in [0.1, 0.15) is 0 Å². The zero-order chi connectivity index (χ0) is 13.5. The summed E-state index contributed by atoms with van der Waals surface area (Å²) in [5.41, 5.74) is 3.17. The zero-order valence-electron chi connectivity index (χ0n) is 11.8. The Labute approximate surface area is 119 Å². The van der Waals surface area contributed by atoms with Crippen molar-refractivity contribution in [3.05, 3.63) is 34.2 Å². The van der Waals surface area contributed by atoms with Crippen LogP contribution in [-0.2, 0) is 4.79 Å². The van der Waals surface area contributed by atoms with Crippen LogP contribution in [0, 0.1) is 5.92 Å². The summed E-state index contributed by atoms with van der Waals surface area (Å²) in [6.07, 6.45) is 9.27. The van der Waals surface area contributed by atoms with Gasteiger partial charge in [-0.15, -0.1) is 0 Å². The summed E-state index contributed by atoms with van der Waals surface area (Å²) in [5, 5.41) is 6.09. The molecule has 0 aliphatic heterocycles. The van der Waals surface area contributed by atoms with E-state index >= 15 is 0 Å². The highest BCUT2D eigenvalue weighted by Crippen LogP contribution is 2.33. The SMILES string of the molecule is O=C(NCCC1CC2=c3c1cccc3=CCC2)C1CC1. The number of hydrogen-bond donors (Lipinski definition) is 1. The lowest BCUT2D eigenvalue weighted by Crippen LogP contribution is -2.30. The molecule has 3 aliphatic carbocycles. The van der Waals surface area contributed by atoms with Gasteiger partial charge in [-0.05, 0) is 60.4 Å². The lowest BCUT2D eigenvalue weighted by Gasteiger charge is -2.13. The van der Waals surface area contributed by atoms with Crippen molar-refractivity contribution in [2.45, 2.75) is 44.4 Å². The standard InChI is InChI=1S/C18H21NO/c20-18(13-7-8-13)19-10-9-14-11-15-5-1-3-12-4-2-6-16(14)17(12)15/h2-4,6,13-14H,1,5,7-11H2,(H,19,20). The normalized spacial score (nSPS) is 23.2. The Morgan fingerprint density at radius 1 is 1.30 bits per heavy atom. The van der Waals surface area contributed by atoms with Gasteiger partial charge in [0.25, 0.3) is 0 Å². The summed E-state index contributed by atoms with van der Waals surface area (Å²) < 4.78 is 0. The Morgan fingerprint density at radius 2 is 2.20 bits per heavy atom. The second-order valence-electron chi connectivity index (χ2n) is 6.41. The third-order valence-corrected chi connectivity index (χ3v) is 4.97. The van der Waals surface area contributed by atoms with Crippen molar-refractivity contribution >= 4 is 17.6 Å². The molecule has 1 fully saturated rings. The van der Waals surface area contributed by atoms with Crippen LogP contribution in [-0.4, -0.2) is 12.5 Å². The molecule has 3 aliphatic rings. The highest BCUT2D eigenvalue weighted by Gasteiger charge is 2.30. The molecule has 1 saturated carbocycles. The molecule has 104 valence electrons. The van der Waals surface area contributed by atoms with Crippen LogP contribution in [0.4, 0.5) is 0 Å². The van der Waals surface area contributed by atoms with Crippen molar-refractivity contribution < 1.29 is 4.79 Å². The molecule has 1 amide bonds. The Bertz CT molecular complexity index is 669. The molecule has 0 bridgehead atoms. The molecule has 1 unspecified atom stereocenters. The topological polar surface area (TPSA) is 29.1 Å². The fourth-order valence-corrected chi connectivity index (χ4v) is 3.76. The first-order valence-electron chi connectivity index (χ1n) is 7.92. The van der Waals surface area contributed by atoms with Crippen molar-refractivity contribution in [3.63, 3.8) is 0 Å². The minimum absolute atomic E-state index is 0.277. The average molecular weight is 267 g/mol. The molecule has 1 aromatic carbocycles. The maximum Gasteiger partial charge on any atom is 0.223 e. The lowest BCUT2D eigenvalue weighted by atomic mass is 9.96. The maximum absolute atomic E-state index is 11.7. The molecule has 0 saturated heterocycles. The number of benzene rings is 1. The van der Waals surface area contributed by atoms with Gasteiger partial charge in [-0.3, -0.25) is 4.79 Å². The second kappa shape index (κ2) is 4.76. The van der Waals surface area contributed by atoms with Crippen LogP contribution in [0.1, 0.15) is 50.0 Å². The van der Waals surface area contributed by atoms with E-state index in [2.05, 4.69) is 29.6 Å². The molecule has 1 atom stereocenters. The van der Waals surface area contributed by atoms with Crippen LogP contribution in [0.5, 0.6) is 0 Å². The van der Waals surface area contributed by atoms with Crippen LogP contribution in [0.25, 0.3) is 11.6 Å². The summed E-state index contributed by atoms with van der Waals surface area (Å²) >= 11 is 0. The number of nitrogens with one attached hydrogen (secondary N) is 1. The maximum atomic E-state index is 11.7. The van der Waals surface area contributed by atoms with Crippen LogP contribution in [0.2, 0.25) is 0 Å². The van der Waals surface area contributed by atoms with E-state index < -0.39 is 0 Å². The van der Waals surface area contributed by atoms with Crippen molar-refractivity contribution in [1.29, 1.82) is 0 Å². The fraction of sp³-hybridized carbons (Fsp3) is 0.500. The summed E-state index contributed by atoms with van der Waals surface area (Å²) in [6.45, 7) is 0.834. The molecule has 0 aromatic heterocycles. The van der Waals surface area contributed by atoms with E-state index in [9.17, 15) is 4.79 Å². The molecule has 4 rings (SSSR count). The van der Waals surface area contributed by atoms with Gasteiger partial charge >= 0.3 is 0 Å². The molecule has 20 heavy (non-hydrogen) atoms. The smallest absolute Gasteiger partial charge is 0.223 e. The minimum Gasteiger partial charge on any atom is -0.356 e. The predicted molar refractivity (Wildman–Crippen MR) is 80.5 cm³/mol. The molecule has 2 heteroatoms. The van der Waals surface area contributed by atoms with Gasteiger partial charge in [0.05, 0.1) is 0 Å². The Hall–Kier alpha value is -1.57. The van der Waals surface area contributed by atoms with Crippen LogP contribution in [0.3, 0.4) is 0 Å². The predicted octanol–water partition coefficient (Wildman–Crippen LogP) is 1.82. The van der Waals surface area contributed by atoms with E-state index in [0.29, 0.717) is 11.8 Å². The quantitative estimate of drug-likeness (QED) is 0.886. The van der Waals surface area contributed by atoms with Gasteiger partial charge in [-0.1, -0.05) is 29.8 Å². The van der Waals surface area contributed by atoms with Gasteiger partial charge in [0, 0.05) is 12.5 Å². The summed E-state index contributed by atoms with van der Waals surface area (Å²) in [4.78, 5) is 11.7. The molecule has 0 heterocycles. The van der Waals surface area contributed by atoms with E-state index in [0.717, 1.165) is 25.8 Å².